The van der Waals surface area contributed by atoms with Gasteiger partial charge in [-0.25, -0.2) is 0 Å². The fourth-order valence-corrected chi connectivity index (χ4v) is 1.98. The van der Waals surface area contributed by atoms with Crippen molar-refractivity contribution in [3.63, 3.8) is 0 Å². The number of aliphatic hydroxyl groups excluding tert-OH is 1. The largest absolute Gasteiger partial charge is 0.395 e. The van der Waals surface area contributed by atoms with E-state index in [0.717, 1.165) is 0 Å². The van der Waals surface area contributed by atoms with Crippen LogP contribution in [0.25, 0.3) is 0 Å². The molecule has 6 heteroatoms. The first-order chi connectivity index (χ1) is 8.19. The summed E-state index contributed by atoms with van der Waals surface area (Å²) >= 11 is 1.33. The number of amides is 2. The molecule has 94 valence electrons. The maximum atomic E-state index is 11.6. The minimum atomic E-state index is -0.242. The van der Waals surface area contributed by atoms with E-state index in [9.17, 15) is 9.59 Å². The third-order valence-corrected chi connectivity index (χ3v) is 3.12. The highest BCUT2D eigenvalue weighted by Gasteiger charge is 2.13. The number of aliphatic hydroxyl groups is 1. The highest BCUT2D eigenvalue weighted by molar-refractivity contribution is 7.12. The molecule has 0 aliphatic heterocycles. The quantitative estimate of drug-likeness (QED) is 0.770. The van der Waals surface area contributed by atoms with Gasteiger partial charge in [0.2, 0.25) is 5.91 Å². The van der Waals surface area contributed by atoms with Crippen molar-refractivity contribution in [3.05, 3.63) is 22.4 Å². The fourth-order valence-electron chi connectivity index (χ4n) is 1.34. The van der Waals surface area contributed by atoms with Gasteiger partial charge in [0.1, 0.15) is 0 Å². The lowest BCUT2D eigenvalue weighted by Crippen LogP contribution is -2.41. The van der Waals surface area contributed by atoms with Crippen LogP contribution in [0, 0.1) is 0 Å². The first kappa shape index (κ1) is 13.7. The summed E-state index contributed by atoms with van der Waals surface area (Å²) in [6.45, 7) is 2.54. The third-order valence-electron chi connectivity index (χ3n) is 2.25. The molecule has 0 unspecified atom stereocenters. The zero-order valence-electron chi connectivity index (χ0n) is 9.68. The van der Waals surface area contributed by atoms with Crippen molar-refractivity contribution in [2.45, 2.75) is 6.92 Å². The van der Waals surface area contributed by atoms with E-state index in [2.05, 4.69) is 5.32 Å². The van der Waals surface area contributed by atoms with Crippen molar-refractivity contribution in [1.82, 2.24) is 10.2 Å². The van der Waals surface area contributed by atoms with E-state index in [-0.39, 0.29) is 25.0 Å². The molecule has 0 aliphatic rings. The molecule has 0 aromatic carbocycles. The first-order valence-corrected chi connectivity index (χ1v) is 6.27. The van der Waals surface area contributed by atoms with Gasteiger partial charge >= 0.3 is 0 Å². The normalized spacial score (nSPS) is 10.0. The van der Waals surface area contributed by atoms with Crippen LogP contribution in [0.4, 0.5) is 0 Å². The van der Waals surface area contributed by atoms with Crippen LogP contribution < -0.4 is 5.32 Å². The third kappa shape index (κ3) is 4.16. The highest BCUT2D eigenvalue weighted by atomic mass is 32.1. The predicted octanol–water partition coefficient (Wildman–Crippen LogP) is 0.319. The summed E-state index contributed by atoms with van der Waals surface area (Å²) in [6.07, 6.45) is 0. The van der Waals surface area contributed by atoms with Crippen molar-refractivity contribution in [2.24, 2.45) is 0 Å². The molecule has 0 atom stereocenters. The smallest absolute Gasteiger partial charge is 0.261 e. The Morgan fingerprint density at radius 1 is 1.53 bits per heavy atom. The Morgan fingerprint density at radius 3 is 2.82 bits per heavy atom. The molecule has 0 fully saturated rings. The second-order valence-corrected chi connectivity index (χ2v) is 4.30. The number of hydrogen-bond acceptors (Lipinski definition) is 4. The lowest BCUT2D eigenvalue weighted by Gasteiger charge is -2.19. The monoisotopic (exact) mass is 256 g/mol. The van der Waals surface area contributed by atoms with Gasteiger partial charge in [-0.3, -0.25) is 9.59 Å². The average molecular weight is 256 g/mol. The number of carbonyl (C=O) groups is 2. The van der Waals surface area contributed by atoms with Crippen LogP contribution in [0.3, 0.4) is 0 Å². The summed E-state index contributed by atoms with van der Waals surface area (Å²) in [5.74, 6) is -0.431. The van der Waals surface area contributed by atoms with Gasteiger partial charge in [0.05, 0.1) is 18.0 Å². The zero-order valence-corrected chi connectivity index (χ0v) is 10.5. The van der Waals surface area contributed by atoms with Gasteiger partial charge in [0, 0.05) is 13.1 Å². The Hall–Kier alpha value is -1.40. The zero-order chi connectivity index (χ0) is 12.7. The van der Waals surface area contributed by atoms with Crippen molar-refractivity contribution < 1.29 is 14.7 Å². The molecule has 2 N–H and O–H groups in total. The summed E-state index contributed by atoms with van der Waals surface area (Å²) in [6, 6.07) is 3.49. The molecule has 1 rings (SSSR count). The van der Waals surface area contributed by atoms with Crippen LogP contribution in [0.15, 0.2) is 17.5 Å². The van der Waals surface area contributed by atoms with Crippen molar-refractivity contribution in [2.75, 3.05) is 26.2 Å². The fraction of sp³-hybridized carbons (Fsp3) is 0.455. The SMILES string of the molecule is CCN(CCO)C(=O)CNC(=O)c1cccs1. The topological polar surface area (TPSA) is 69.6 Å². The second kappa shape index (κ2) is 7.03. The molecule has 5 nitrogen and oxygen atoms in total. The molecule has 0 aliphatic carbocycles. The molecular formula is C11H16N2O3S. The second-order valence-electron chi connectivity index (χ2n) is 3.36. The summed E-state index contributed by atoms with van der Waals surface area (Å²) < 4.78 is 0. The Labute approximate surface area is 104 Å². The van der Waals surface area contributed by atoms with Crippen LogP contribution in [0.2, 0.25) is 0 Å². The molecule has 17 heavy (non-hydrogen) atoms. The standard InChI is InChI=1S/C11H16N2O3S/c1-2-13(5-6-14)10(15)8-12-11(16)9-4-3-7-17-9/h3-4,7,14H,2,5-6,8H2,1H3,(H,12,16). The summed E-state index contributed by atoms with van der Waals surface area (Å²) in [4.78, 5) is 25.3. The van der Waals surface area contributed by atoms with Gasteiger partial charge in [-0.05, 0) is 18.4 Å². The van der Waals surface area contributed by atoms with Crippen molar-refractivity contribution in [3.8, 4) is 0 Å². The maximum absolute atomic E-state index is 11.6. The number of thiophene rings is 1. The molecule has 1 aromatic rings. The number of nitrogens with one attached hydrogen (secondary N) is 1. The number of rotatable bonds is 6. The number of hydrogen-bond donors (Lipinski definition) is 2. The van der Waals surface area contributed by atoms with E-state index in [1.165, 1.54) is 16.2 Å². The molecule has 0 spiro atoms. The van der Waals surface area contributed by atoms with E-state index < -0.39 is 0 Å². The summed E-state index contributed by atoms with van der Waals surface area (Å²) in [7, 11) is 0. The number of nitrogens with zero attached hydrogens (tertiary/aromatic N) is 1. The Balaban J connectivity index is 2.39. The Morgan fingerprint density at radius 2 is 2.29 bits per heavy atom. The highest BCUT2D eigenvalue weighted by Crippen LogP contribution is 2.07. The van der Waals surface area contributed by atoms with Crippen molar-refractivity contribution >= 4 is 23.2 Å². The summed E-state index contributed by atoms with van der Waals surface area (Å²) in [5.41, 5.74) is 0. The van der Waals surface area contributed by atoms with Crippen LogP contribution in [-0.2, 0) is 4.79 Å². The van der Waals surface area contributed by atoms with Crippen LogP contribution >= 0.6 is 11.3 Å². The molecule has 1 heterocycles. The molecule has 0 saturated carbocycles. The number of carbonyl (C=O) groups excluding carboxylic acids is 2. The Kier molecular flexibility index (Phi) is 5.65. The molecular weight excluding hydrogens is 240 g/mol. The van der Waals surface area contributed by atoms with Gasteiger partial charge in [-0.15, -0.1) is 11.3 Å². The van der Waals surface area contributed by atoms with Crippen LogP contribution in [-0.4, -0.2) is 48.1 Å². The van der Waals surface area contributed by atoms with Gasteiger partial charge < -0.3 is 15.3 Å². The van der Waals surface area contributed by atoms with E-state index in [4.69, 9.17) is 5.11 Å². The van der Waals surface area contributed by atoms with Gasteiger partial charge in [-0.2, -0.15) is 0 Å². The molecule has 0 bridgehead atoms. The predicted molar refractivity (Wildman–Crippen MR) is 66.0 cm³/mol. The van der Waals surface area contributed by atoms with Crippen molar-refractivity contribution in [1.29, 1.82) is 0 Å². The average Bonchev–Trinajstić information content (AvgIpc) is 2.86. The Bertz CT molecular complexity index is 365. The first-order valence-electron chi connectivity index (χ1n) is 5.39. The van der Waals surface area contributed by atoms with Gasteiger partial charge in [0.15, 0.2) is 0 Å². The minimum absolute atomic E-state index is 0.0371. The molecule has 1 aromatic heterocycles. The van der Waals surface area contributed by atoms with Crippen LogP contribution in [0.1, 0.15) is 16.6 Å². The molecule has 2 amide bonds. The number of likely N-dealkylation sites (N-methyl/N-ethyl adjacent to an activating group) is 1. The van der Waals surface area contributed by atoms with E-state index in [0.29, 0.717) is 18.0 Å². The van der Waals surface area contributed by atoms with E-state index >= 15 is 0 Å². The van der Waals surface area contributed by atoms with E-state index in [1.54, 1.807) is 17.5 Å². The summed E-state index contributed by atoms with van der Waals surface area (Å²) in [5, 5.41) is 13.1. The molecule has 0 saturated heterocycles. The van der Waals surface area contributed by atoms with Gasteiger partial charge in [-0.1, -0.05) is 6.07 Å². The lowest BCUT2D eigenvalue weighted by molar-refractivity contribution is -0.130. The lowest BCUT2D eigenvalue weighted by atomic mass is 10.4. The molecule has 0 radical (unpaired) electrons. The van der Waals surface area contributed by atoms with Crippen LogP contribution in [0.5, 0.6) is 0 Å². The minimum Gasteiger partial charge on any atom is -0.395 e. The van der Waals surface area contributed by atoms with Gasteiger partial charge in [0.25, 0.3) is 5.91 Å². The maximum Gasteiger partial charge on any atom is 0.261 e. The van der Waals surface area contributed by atoms with E-state index in [1.807, 2.05) is 6.92 Å².